The minimum Gasteiger partial charge on any atom is -0.411 e. The summed E-state index contributed by atoms with van der Waals surface area (Å²) in [7, 11) is 0. The molecule has 1 aliphatic heterocycles. The number of hydrogen-bond donors (Lipinski definition) is 3. The summed E-state index contributed by atoms with van der Waals surface area (Å²) in [4.78, 5) is 12.3. The third-order valence-electron chi connectivity index (χ3n) is 3.59. The van der Waals surface area contributed by atoms with Gasteiger partial charge in [-0.15, -0.1) is 0 Å². The van der Waals surface area contributed by atoms with Crippen LogP contribution in [0.5, 0.6) is 0 Å². The van der Waals surface area contributed by atoms with E-state index in [0.717, 1.165) is 12.8 Å². The van der Waals surface area contributed by atoms with Crippen LogP contribution in [0.25, 0.3) is 0 Å². The summed E-state index contributed by atoms with van der Waals surface area (Å²) in [5.74, 6) is -0.406. The van der Waals surface area contributed by atoms with Crippen molar-refractivity contribution in [3.8, 4) is 0 Å². The minimum absolute atomic E-state index is 0.0381. The third kappa shape index (κ3) is 3.93. The fraction of sp³-hybridized carbons (Fsp3) is 0.857. The van der Waals surface area contributed by atoms with Gasteiger partial charge in [0.25, 0.3) is 0 Å². The first-order valence-corrected chi connectivity index (χ1v) is 7.03. The van der Waals surface area contributed by atoms with Gasteiger partial charge >= 0.3 is 0 Å². The molecule has 5 heteroatoms. The highest BCUT2D eigenvalue weighted by Gasteiger charge is 2.46. The fourth-order valence-corrected chi connectivity index (χ4v) is 2.93. The van der Waals surface area contributed by atoms with Crippen LogP contribution >= 0.6 is 0 Å². The van der Waals surface area contributed by atoms with Crippen molar-refractivity contribution in [2.75, 3.05) is 6.54 Å². The van der Waals surface area contributed by atoms with Crippen molar-refractivity contribution < 1.29 is 10.0 Å². The molecule has 3 N–H and O–H groups in total. The fourth-order valence-electron chi connectivity index (χ4n) is 2.93. The number of nitrogens with zero attached hydrogens (tertiary/aromatic N) is 1. The van der Waals surface area contributed by atoms with Crippen LogP contribution < -0.4 is 10.6 Å². The maximum Gasteiger partial charge on any atom is 0.229 e. The zero-order valence-electron chi connectivity index (χ0n) is 12.7. The summed E-state index contributed by atoms with van der Waals surface area (Å²) in [6.45, 7) is 10.8. The normalized spacial score (nSPS) is 27.2. The van der Waals surface area contributed by atoms with Gasteiger partial charge in [0.1, 0.15) is 0 Å². The predicted molar refractivity (Wildman–Crippen MR) is 76.5 cm³/mol. The number of hydrogen-bond acceptors (Lipinski definition) is 4. The second-order valence-electron chi connectivity index (χ2n) is 6.52. The van der Waals surface area contributed by atoms with Crippen LogP contribution in [0.3, 0.4) is 0 Å². The second kappa shape index (κ2) is 5.90. The van der Waals surface area contributed by atoms with Crippen molar-refractivity contribution in [3.05, 3.63) is 0 Å². The maximum atomic E-state index is 12.3. The van der Waals surface area contributed by atoms with E-state index in [2.05, 4.69) is 36.6 Å². The summed E-state index contributed by atoms with van der Waals surface area (Å²) >= 11 is 0. The van der Waals surface area contributed by atoms with Gasteiger partial charge < -0.3 is 15.8 Å². The van der Waals surface area contributed by atoms with E-state index in [1.54, 1.807) is 0 Å². The van der Waals surface area contributed by atoms with Gasteiger partial charge in [0.05, 0.1) is 17.2 Å². The molecule has 19 heavy (non-hydrogen) atoms. The Bertz CT molecular complexity index is 362. The van der Waals surface area contributed by atoms with Gasteiger partial charge in [-0.2, -0.15) is 0 Å². The molecule has 1 rings (SSSR count). The monoisotopic (exact) mass is 269 g/mol. The number of carbonyl (C=O) groups is 1. The number of oxime groups is 1. The highest BCUT2D eigenvalue weighted by molar-refractivity contribution is 6.09. The van der Waals surface area contributed by atoms with Crippen LogP contribution in [0, 0.1) is 5.92 Å². The SMILES string of the molecule is CCCCNC(=O)C1CC(C)(C)NC(C)(C)C1=NO. The Morgan fingerprint density at radius 1 is 1.47 bits per heavy atom. The number of rotatable bonds is 4. The van der Waals surface area contributed by atoms with Gasteiger partial charge in [0, 0.05) is 12.1 Å². The molecule has 0 spiro atoms. The Morgan fingerprint density at radius 2 is 2.11 bits per heavy atom. The summed E-state index contributed by atoms with van der Waals surface area (Å²) < 4.78 is 0. The third-order valence-corrected chi connectivity index (χ3v) is 3.59. The van der Waals surface area contributed by atoms with Gasteiger partial charge in [-0.3, -0.25) is 4.79 Å². The molecule has 0 radical (unpaired) electrons. The molecule has 1 heterocycles. The Hall–Kier alpha value is -1.10. The average molecular weight is 269 g/mol. The van der Waals surface area contributed by atoms with E-state index >= 15 is 0 Å². The molecule has 1 aliphatic rings. The lowest BCUT2D eigenvalue weighted by atomic mass is 9.74. The first-order chi connectivity index (χ1) is 8.73. The molecule has 1 atom stereocenters. The van der Waals surface area contributed by atoms with Gasteiger partial charge in [-0.25, -0.2) is 0 Å². The molecule has 1 saturated heterocycles. The topological polar surface area (TPSA) is 73.7 Å². The number of amides is 1. The van der Waals surface area contributed by atoms with E-state index < -0.39 is 5.54 Å². The molecule has 0 aromatic carbocycles. The standard InChI is InChI=1S/C14H27N3O2/c1-6-7-8-15-12(18)10-9-13(2,3)17-14(4,5)11(10)16-19/h10,17,19H,6-9H2,1-5H3,(H,15,18). The number of piperidine rings is 1. The van der Waals surface area contributed by atoms with Crippen molar-refractivity contribution in [1.29, 1.82) is 0 Å². The van der Waals surface area contributed by atoms with Gasteiger partial charge in [0.2, 0.25) is 5.91 Å². The molecule has 0 bridgehead atoms. The second-order valence-corrected chi connectivity index (χ2v) is 6.52. The molecule has 1 amide bonds. The molecule has 0 aromatic heterocycles. The lowest BCUT2D eigenvalue weighted by molar-refractivity contribution is -0.124. The molecule has 0 aromatic rings. The number of carbonyl (C=O) groups excluding carboxylic acids is 1. The zero-order chi connectivity index (χ0) is 14.7. The van der Waals surface area contributed by atoms with Crippen molar-refractivity contribution >= 4 is 11.6 Å². The van der Waals surface area contributed by atoms with E-state index in [4.69, 9.17) is 0 Å². The maximum absolute atomic E-state index is 12.3. The van der Waals surface area contributed by atoms with Crippen LogP contribution in [0.1, 0.15) is 53.9 Å². The molecule has 1 fully saturated rings. The first kappa shape index (κ1) is 16.0. The Balaban J connectivity index is 2.86. The van der Waals surface area contributed by atoms with Crippen LogP contribution in [-0.4, -0.2) is 34.4 Å². The first-order valence-electron chi connectivity index (χ1n) is 7.03. The summed E-state index contributed by atoms with van der Waals surface area (Å²) in [5, 5.41) is 19.0. The van der Waals surface area contributed by atoms with Gasteiger partial charge in [0.15, 0.2) is 0 Å². The largest absolute Gasteiger partial charge is 0.411 e. The lowest BCUT2D eigenvalue weighted by Crippen LogP contribution is -2.65. The van der Waals surface area contributed by atoms with Crippen molar-refractivity contribution in [2.45, 2.75) is 65.0 Å². The molecule has 0 aliphatic carbocycles. The highest BCUT2D eigenvalue weighted by Crippen LogP contribution is 2.31. The molecule has 1 unspecified atom stereocenters. The number of unbranched alkanes of at least 4 members (excludes halogenated alkanes) is 1. The smallest absolute Gasteiger partial charge is 0.229 e. The molecule has 0 saturated carbocycles. The molecule has 5 nitrogen and oxygen atoms in total. The van der Waals surface area contributed by atoms with Crippen molar-refractivity contribution in [1.82, 2.24) is 10.6 Å². The van der Waals surface area contributed by atoms with Gasteiger partial charge in [-0.1, -0.05) is 18.5 Å². The molecule has 110 valence electrons. The van der Waals surface area contributed by atoms with E-state index in [1.165, 1.54) is 0 Å². The predicted octanol–water partition coefficient (Wildman–Crippen LogP) is 1.90. The Morgan fingerprint density at radius 3 is 2.63 bits per heavy atom. The van der Waals surface area contributed by atoms with E-state index in [9.17, 15) is 10.0 Å². The quantitative estimate of drug-likeness (QED) is 0.414. The lowest BCUT2D eigenvalue weighted by Gasteiger charge is -2.46. The minimum atomic E-state index is -0.483. The van der Waals surface area contributed by atoms with Crippen LogP contribution in [-0.2, 0) is 4.79 Å². The summed E-state index contributed by atoms with van der Waals surface area (Å²) in [6, 6.07) is 0. The van der Waals surface area contributed by atoms with Crippen LogP contribution in [0.2, 0.25) is 0 Å². The van der Waals surface area contributed by atoms with Crippen molar-refractivity contribution in [2.24, 2.45) is 11.1 Å². The Kier molecular flexibility index (Phi) is 4.96. The van der Waals surface area contributed by atoms with E-state index in [-0.39, 0.29) is 17.4 Å². The molecular formula is C14H27N3O2. The van der Waals surface area contributed by atoms with Gasteiger partial charge in [-0.05, 0) is 40.5 Å². The molecular weight excluding hydrogens is 242 g/mol. The van der Waals surface area contributed by atoms with Crippen LogP contribution in [0.15, 0.2) is 5.16 Å². The number of nitrogens with one attached hydrogen (secondary N) is 2. The summed E-state index contributed by atoms with van der Waals surface area (Å²) in [5.41, 5.74) is -0.130. The van der Waals surface area contributed by atoms with E-state index in [0.29, 0.717) is 18.7 Å². The zero-order valence-corrected chi connectivity index (χ0v) is 12.7. The van der Waals surface area contributed by atoms with Crippen molar-refractivity contribution in [3.63, 3.8) is 0 Å². The average Bonchev–Trinajstić information content (AvgIpc) is 2.25. The highest BCUT2D eigenvalue weighted by atomic mass is 16.4. The Labute approximate surface area is 115 Å². The van der Waals surface area contributed by atoms with E-state index in [1.807, 2.05) is 13.8 Å². The summed E-state index contributed by atoms with van der Waals surface area (Å²) in [6.07, 6.45) is 2.65. The van der Waals surface area contributed by atoms with Crippen LogP contribution in [0.4, 0.5) is 0 Å².